The van der Waals surface area contributed by atoms with Crippen molar-refractivity contribution < 1.29 is 13.9 Å². The average molecular weight is 345 g/mol. The Morgan fingerprint density at radius 3 is 2.80 bits per heavy atom. The van der Waals surface area contributed by atoms with Gasteiger partial charge in [0, 0.05) is 19.1 Å². The first-order chi connectivity index (χ1) is 9.60. The maximum absolute atomic E-state index is 11.6. The number of likely N-dealkylation sites (tertiary alicyclic amines) is 1. The van der Waals surface area contributed by atoms with Gasteiger partial charge < -0.3 is 19.4 Å². The number of halogens is 1. The van der Waals surface area contributed by atoms with Gasteiger partial charge in [-0.05, 0) is 54.8 Å². The minimum atomic E-state index is -0.200. The third kappa shape index (κ3) is 3.99. The SMILES string of the molecule is CCOC(=O)N1CCC(NC(C)c2ccc(Br)o2)CC1. The molecule has 1 N–H and O–H groups in total. The number of rotatable bonds is 4. The van der Waals surface area contributed by atoms with E-state index in [0.717, 1.165) is 36.4 Å². The second-order valence-electron chi connectivity index (χ2n) is 4.99. The molecule has 1 aromatic heterocycles. The molecule has 0 aliphatic carbocycles. The van der Waals surface area contributed by atoms with Crippen molar-refractivity contribution in [2.75, 3.05) is 19.7 Å². The molecule has 2 rings (SSSR count). The van der Waals surface area contributed by atoms with E-state index in [9.17, 15) is 4.79 Å². The molecule has 2 heterocycles. The highest BCUT2D eigenvalue weighted by Crippen LogP contribution is 2.22. The fourth-order valence-corrected chi connectivity index (χ4v) is 2.76. The van der Waals surface area contributed by atoms with E-state index in [-0.39, 0.29) is 12.1 Å². The summed E-state index contributed by atoms with van der Waals surface area (Å²) in [6.45, 7) is 5.83. The fourth-order valence-electron chi connectivity index (χ4n) is 2.44. The minimum Gasteiger partial charge on any atom is -0.453 e. The zero-order valence-corrected chi connectivity index (χ0v) is 13.5. The molecule has 1 aromatic rings. The molecule has 1 atom stereocenters. The molecule has 0 aromatic carbocycles. The molecule has 0 saturated carbocycles. The molecular weight excluding hydrogens is 324 g/mol. The van der Waals surface area contributed by atoms with E-state index >= 15 is 0 Å². The smallest absolute Gasteiger partial charge is 0.409 e. The second-order valence-corrected chi connectivity index (χ2v) is 5.77. The number of hydrogen-bond donors (Lipinski definition) is 1. The largest absolute Gasteiger partial charge is 0.453 e. The topological polar surface area (TPSA) is 54.7 Å². The lowest BCUT2D eigenvalue weighted by atomic mass is 10.0. The highest BCUT2D eigenvalue weighted by atomic mass is 79.9. The van der Waals surface area contributed by atoms with Gasteiger partial charge in [0.15, 0.2) is 4.67 Å². The predicted octanol–water partition coefficient (Wildman–Crippen LogP) is 3.31. The molecule has 112 valence electrons. The Labute approximate surface area is 127 Å². The van der Waals surface area contributed by atoms with E-state index in [4.69, 9.17) is 9.15 Å². The molecule has 1 fully saturated rings. The van der Waals surface area contributed by atoms with Crippen LogP contribution in [0.5, 0.6) is 0 Å². The normalized spacial score (nSPS) is 18.1. The molecule has 0 bridgehead atoms. The predicted molar refractivity (Wildman–Crippen MR) is 79.6 cm³/mol. The zero-order valence-electron chi connectivity index (χ0n) is 11.9. The van der Waals surface area contributed by atoms with E-state index in [1.807, 2.05) is 19.1 Å². The maximum Gasteiger partial charge on any atom is 0.409 e. The Morgan fingerprint density at radius 1 is 1.55 bits per heavy atom. The quantitative estimate of drug-likeness (QED) is 0.910. The Kier molecular flexibility index (Phi) is 5.48. The van der Waals surface area contributed by atoms with Gasteiger partial charge in [0.2, 0.25) is 0 Å². The van der Waals surface area contributed by atoms with Crippen LogP contribution in [0.3, 0.4) is 0 Å². The number of carbonyl (C=O) groups excluding carboxylic acids is 1. The summed E-state index contributed by atoms with van der Waals surface area (Å²) >= 11 is 3.31. The second kappa shape index (κ2) is 7.13. The maximum atomic E-state index is 11.6. The number of amides is 1. The summed E-state index contributed by atoms with van der Waals surface area (Å²) in [7, 11) is 0. The van der Waals surface area contributed by atoms with Crippen LogP contribution in [0.4, 0.5) is 4.79 Å². The van der Waals surface area contributed by atoms with Crippen molar-refractivity contribution >= 4 is 22.0 Å². The minimum absolute atomic E-state index is 0.167. The van der Waals surface area contributed by atoms with Gasteiger partial charge in [-0.3, -0.25) is 0 Å². The third-order valence-electron chi connectivity index (χ3n) is 3.53. The number of nitrogens with one attached hydrogen (secondary N) is 1. The summed E-state index contributed by atoms with van der Waals surface area (Å²) < 4.78 is 11.3. The highest BCUT2D eigenvalue weighted by Gasteiger charge is 2.25. The Bertz CT molecular complexity index is 441. The van der Waals surface area contributed by atoms with Crippen LogP contribution in [0.1, 0.15) is 38.5 Å². The molecule has 1 saturated heterocycles. The van der Waals surface area contributed by atoms with Crippen LogP contribution in [-0.2, 0) is 4.74 Å². The van der Waals surface area contributed by atoms with Crippen LogP contribution in [0.25, 0.3) is 0 Å². The van der Waals surface area contributed by atoms with E-state index in [1.54, 1.807) is 4.90 Å². The zero-order chi connectivity index (χ0) is 14.5. The van der Waals surface area contributed by atoms with Gasteiger partial charge in [0.25, 0.3) is 0 Å². The van der Waals surface area contributed by atoms with Crippen molar-refractivity contribution in [3.05, 3.63) is 22.6 Å². The molecule has 1 amide bonds. The standard InChI is InChI=1S/C14H21BrN2O3/c1-3-19-14(18)17-8-6-11(7-9-17)16-10(2)12-4-5-13(15)20-12/h4-5,10-11,16H,3,6-9H2,1-2H3. The first-order valence-electron chi connectivity index (χ1n) is 7.03. The fraction of sp³-hybridized carbons (Fsp3) is 0.643. The number of carbonyl (C=O) groups is 1. The molecule has 0 radical (unpaired) electrons. The number of hydrogen-bond acceptors (Lipinski definition) is 4. The van der Waals surface area contributed by atoms with E-state index < -0.39 is 0 Å². The van der Waals surface area contributed by atoms with Gasteiger partial charge in [0.05, 0.1) is 12.6 Å². The van der Waals surface area contributed by atoms with Crippen LogP contribution in [-0.4, -0.2) is 36.7 Å². The molecule has 1 unspecified atom stereocenters. The van der Waals surface area contributed by atoms with Crippen molar-refractivity contribution in [1.29, 1.82) is 0 Å². The van der Waals surface area contributed by atoms with Crippen molar-refractivity contribution in [2.45, 2.75) is 38.8 Å². The summed E-state index contributed by atoms with van der Waals surface area (Å²) in [6, 6.07) is 4.44. The van der Waals surface area contributed by atoms with Crippen LogP contribution in [0.2, 0.25) is 0 Å². The number of nitrogens with zero attached hydrogens (tertiary/aromatic N) is 1. The monoisotopic (exact) mass is 344 g/mol. The molecular formula is C14H21BrN2O3. The van der Waals surface area contributed by atoms with Gasteiger partial charge in [0.1, 0.15) is 5.76 Å². The van der Waals surface area contributed by atoms with Crippen molar-refractivity contribution in [1.82, 2.24) is 10.2 Å². The van der Waals surface area contributed by atoms with Gasteiger partial charge in [-0.15, -0.1) is 0 Å². The number of furan rings is 1. The van der Waals surface area contributed by atoms with Gasteiger partial charge in [-0.1, -0.05) is 0 Å². The first-order valence-corrected chi connectivity index (χ1v) is 7.82. The Morgan fingerprint density at radius 2 is 2.25 bits per heavy atom. The Hall–Kier alpha value is -1.01. The lowest BCUT2D eigenvalue weighted by molar-refractivity contribution is 0.0941. The van der Waals surface area contributed by atoms with Crippen molar-refractivity contribution in [3.8, 4) is 0 Å². The number of ether oxygens (including phenoxy) is 1. The molecule has 1 aliphatic rings. The van der Waals surface area contributed by atoms with Crippen LogP contribution in [0, 0.1) is 0 Å². The van der Waals surface area contributed by atoms with Gasteiger partial charge >= 0.3 is 6.09 Å². The summed E-state index contributed by atoms with van der Waals surface area (Å²) in [6.07, 6.45) is 1.67. The summed E-state index contributed by atoms with van der Waals surface area (Å²) in [4.78, 5) is 13.4. The van der Waals surface area contributed by atoms with Crippen LogP contribution < -0.4 is 5.32 Å². The molecule has 5 nitrogen and oxygen atoms in total. The molecule has 1 aliphatic heterocycles. The van der Waals surface area contributed by atoms with Gasteiger partial charge in [-0.25, -0.2) is 4.79 Å². The molecule has 6 heteroatoms. The van der Waals surface area contributed by atoms with Crippen LogP contribution >= 0.6 is 15.9 Å². The van der Waals surface area contributed by atoms with E-state index in [0.29, 0.717) is 12.6 Å². The van der Waals surface area contributed by atoms with Crippen molar-refractivity contribution in [2.24, 2.45) is 0 Å². The van der Waals surface area contributed by atoms with Crippen molar-refractivity contribution in [3.63, 3.8) is 0 Å². The molecule has 20 heavy (non-hydrogen) atoms. The average Bonchev–Trinajstić information content (AvgIpc) is 2.86. The van der Waals surface area contributed by atoms with Crippen LogP contribution in [0.15, 0.2) is 21.2 Å². The highest BCUT2D eigenvalue weighted by molar-refractivity contribution is 9.10. The van der Waals surface area contributed by atoms with E-state index in [1.165, 1.54) is 0 Å². The lowest BCUT2D eigenvalue weighted by Crippen LogP contribution is -2.45. The van der Waals surface area contributed by atoms with Gasteiger partial charge in [-0.2, -0.15) is 0 Å². The van der Waals surface area contributed by atoms with E-state index in [2.05, 4.69) is 28.2 Å². The first kappa shape index (κ1) is 15.4. The third-order valence-corrected chi connectivity index (χ3v) is 3.95. The number of piperidine rings is 1. The molecule has 0 spiro atoms. The Balaban J connectivity index is 1.78. The summed E-state index contributed by atoms with van der Waals surface area (Å²) in [5.74, 6) is 0.921. The lowest BCUT2D eigenvalue weighted by Gasteiger charge is -2.32. The summed E-state index contributed by atoms with van der Waals surface area (Å²) in [5.41, 5.74) is 0. The summed E-state index contributed by atoms with van der Waals surface area (Å²) in [5, 5.41) is 3.55.